The van der Waals surface area contributed by atoms with E-state index in [0.29, 0.717) is 12.2 Å². The van der Waals surface area contributed by atoms with E-state index >= 15 is 0 Å². The molecule has 1 aromatic rings. The summed E-state index contributed by atoms with van der Waals surface area (Å²) in [5, 5.41) is 10.9. The first-order chi connectivity index (χ1) is 9.49. The lowest BCUT2D eigenvalue weighted by Crippen LogP contribution is -2.36. The molecule has 1 aromatic carbocycles. The lowest BCUT2D eigenvalue weighted by Gasteiger charge is -2.15. The van der Waals surface area contributed by atoms with Gasteiger partial charge in [-0.05, 0) is 12.0 Å². The van der Waals surface area contributed by atoms with Crippen LogP contribution in [0.2, 0.25) is 0 Å². The number of rotatable bonds is 7. The lowest BCUT2D eigenvalue weighted by atomic mass is 10.0. The van der Waals surface area contributed by atoms with Gasteiger partial charge in [-0.1, -0.05) is 42.1 Å². The van der Waals surface area contributed by atoms with Gasteiger partial charge in [0.05, 0.1) is 5.92 Å². The molecule has 0 radical (unpaired) electrons. The van der Waals surface area contributed by atoms with Crippen molar-refractivity contribution in [3.8, 4) is 0 Å². The highest BCUT2D eigenvalue weighted by molar-refractivity contribution is 8.13. The highest BCUT2D eigenvalue weighted by Crippen LogP contribution is 2.15. The van der Waals surface area contributed by atoms with Crippen LogP contribution in [0.15, 0.2) is 30.3 Å². The predicted molar refractivity (Wildman–Crippen MR) is 77.4 cm³/mol. The van der Waals surface area contributed by atoms with Gasteiger partial charge in [-0.25, -0.2) is 0 Å². The van der Waals surface area contributed by atoms with Crippen molar-refractivity contribution >= 4 is 28.8 Å². The molecular weight excluding hydrogens is 278 g/mol. The van der Waals surface area contributed by atoms with E-state index in [1.54, 1.807) is 0 Å². The van der Waals surface area contributed by atoms with Gasteiger partial charge in [0.25, 0.3) is 0 Å². The van der Waals surface area contributed by atoms with E-state index in [9.17, 15) is 14.4 Å². The van der Waals surface area contributed by atoms with Crippen LogP contribution in [0.1, 0.15) is 12.5 Å². The smallest absolute Gasteiger partial charge is 0.322 e. The fraction of sp³-hybridized carbons (Fsp3) is 0.357. The number of amides is 1. The zero-order valence-electron chi connectivity index (χ0n) is 11.2. The van der Waals surface area contributed by atoms with E-state index in [1.807, 2.05) is 30.3 Å². The lowest BCUT2D eigenvalue weighted by molar-refractivity contribution is -0.138. The number of carboxylic acids is 1. The summed E-state index contributed by atoms with van der Waals surface area (Å²) >= 11 is 1.07. The molecular formula is C14H17NO4S. The van der Waals surface area contributed by atoms with Crippen LogP contribution < -0.4 is 5.32 Å². The fourth-order valence-electron chi connectivity index (χ4n) is 1.65. The number of aliphatic carboxylic acids is 1. The molecule has 108 valence electrons. The zero-order chi connectivity index (χ0) is 15.0. The summed E-state index contributed by atoms with van der Waals surface area (Å²) < 4.78 is 0. The van der Waals surface area contributed by atoms with Crippen LogP contribution in [0.3, 0.4) is 0 Å². The van der Waals surface area contributed by atoms with Crippen LogP contribution >= 0.6 is 11.8 Å². The van der Waals surface area contributed by atoms with Gasteiger partial charge < -0.3 is 10.4 Å². The maximum Gasteiger partial charge on any atom is 0.322 e. The molecule has 5 nitrogen and oxygen atoms in total. The maximum absolute atomic E-state index is 12.0. The number of hydrogen-bond donors (Lipinski definition) is 2. The van der Waals surface area contributed by atoms with Crippen molar-refractivity contribution in [2.45, 2.75) is 13.3 Å². The Balaban J connectivity index is 2.66. The molecule has 20 heavy (non-hydrogen) atoms. The van der Waals surface area contributed by atoms with E-state index < -0.39 is 18.4 Å². The molecule has 1 atom stereocenters. The number of carbonyl (C=O) groups excluding carboxylic acids is 2. The molecule has 0 saturated heterocycles. The van der Waals surface area contributed by atoms with Gasteiger partial charge >= 0.3 is 5.97 Å². The number of benzene rings is 1. The highest BCUT2D eigenvalue weighted by Gasteiger charge is 2.20. The number of nitrogens with one attached hydrogen (secondary N) is 1. The Morgan fingerprint density at radius 2 is 1.90 bits per heavy atom. The Morgan fingerprint density at radius 3 is 2.45 bits per heavy atom. The van der Waals surface area contributed by atoms with Crippen LogP contribution in [0.25, 0.3) is 0 Å². The Morgan fingerprint density at radius 1 is 1.25 bits per heavy atom. The maximum atomic E-state index is 12.0. The molecule has 0 aliphatic rings. The van der Waals surface area contributed by atoms with Crippen LogP contribution in [0.4, 0.5) is 0 Å². The minimum Gasteiger partial charge on any atom is -0.480 e. The van der Waals surface area contributed by atoms with Gasteiger partial charge in [0.15, 0.2) is 5.12 Å². The minimum absolute atomic E-state index is 0.0610. The first-order valence-corrected chi connectivity index (χ1v) is 7.14. The van der Waals surface area contributed by atoms with Gasteiger partial charge in [-0.2, -0.15) is 0 Å². The summed E-state index contributed by atoms with van der Waals surface area (Å²) in [4.78, 5) is 33.5. The zero-order valence-corrected chi connectivity index (χ0v) is 12.0. The molecule has 0 aliphatic carbocycles. The summed E-state index contributed by atoms with van der Waals surface area (Å²) in [6.07, 6.45) is 0.479. The van der Waals surface area contributed by atoms with E-state index in [-0.39, 0.29) is 11.0 Å². The largest absolute Gasteiger partial charge is 0.480 e. The number of thioether (sulfide) groups is 1. The summed E-state index contributed by atoms with van der Waals surface area (Å²) in [7, 11) is 0. The normalized spacial score (nSPS) is 11.7. The average molecular weight is 295 g/mol. The van der Waals surface area contributed by atoms with Crippen LogP contribution in [0, 0.1) is 5.92 Å². The average Bonchev–Trinajstić information content (AvgIpc) is 2.41. The molecule has 1 rings (SSSR count). The van der Waals surface area contributed by atoms with E-state index in [0.717, 1.165) is 17.3 Å². The Kier molecular flexibility index (Phi) is 6.79. The standard InChI is InChI=1S/C14H17NO4S/c1-10(16)20-9-12(14(19)15-8-13(17)18)7-11-5-3-2-4-6-11/h2-6,12H,7-9H2,1H3,(H,15,19)(H,17,18)/t12-/m0/s1. The monoisotopic (exact) mass is 295 g/mol. The quantitative estimate of drug-likeness (QED) is 0.793. The topological polar surface area (TPSA) is 83.5 Å². The predicted octanol–water partition coefficient (Wildman–Crippen LogP) is 1.33. The molecule has 0 bridgehead atoms. The highest BCUT2D eigenvalue weighted by atomic mass is 32.2. The molecule has 0 heterocycles. The van der Waals surface area contributed by atoms with Crippen molar-refractivity contribution in [1.82, 2.24) is 5.32 Å². The Bertz CT molecular complexity index is 475. The second kappa shape index (κ2) is 8.37. The van der Waals surface area contributed by atoms with Crippen LogP contribution in [-0.2, 0) is 20.8 Å². The third-order valence-electron chi connectivity index (χ3n) is 2.60. The summed E-state index contributed by atoms with van der Waals surface area (Å²) in [5.74, 6) is -1.51. The third kappa shape index (κ3) is 6.38. The summed E-state index contributed by atoms with van der Waals surface area (Å²) in [6, 6.07) is 9.43. The van der Waals surface area contributed by atoms with Gasteiger partial charge in [0.1, 0.15) is 6.54 Å². The van der Waals surface area contributed by atoms with E-state index in [1.165, 1.54) is 6.92 Å². The van der Waals surface area contributed by atoms with Crippen molar-refractivity contribution in [3.63, 3.8) is 0 Å². The van der Waals surface area contributed by atoms with Gasteiger partial charge in [-0.3, -0.25) is 14.4 Å². The van der Waals surface area contributed by atoms with Crippen molar-refractivity contribution < 1.29 is 19.5 Å². The molecule has 0 spiro atoms. The number of carboxylic acid groups (broad SMARTS) is 1. The Hall–Kier alpha value is -1.82. The molecule has 1 amide bonds. The first-order valence-electron chi connectivity index (χ1n) is 6.16. The van der Waals surface area contributed by atoms with Crippen molar-refractivity contribution in [2.75, 3.05) is 12.3 Å². The van der Waals surface area contributed by atoms with Gasteiger partial charge in [0, 0.05) is 12.7 Å². The Labute approximate surface area is 121 Å². The summed E-state index contributed by atoms with van der Waals surface area (Å²) in [5.41, 5.74) is 0.979. The molecule has 0 unspecified atom stereocenters. The SMILES string of the molecule is CC(=O)SC[C@H](Cc1ccccc1)C(=O)NCC(=O)O. The molecule has 0 aromatic heterocycles. The van der Waals surface area contributed by atoms with Gasteiger partial charge in [0.2, 0.25) is 5.91 Å². The first kappa shape index (κ1) is 16.2. The van der Waals surface area contributed by atoms with Crippen molar-refractivity contribution in [2.24, 2.45) is 5.92 Å². The van der Waals surface area contributed by atoms with Gasteiger partial charge in [-0.15, -0.1) is 0 Å². The fourth-order valence-corrected chi connectivity index (χ4v) is 2.36. The van der Waals surface area contributed by atoms with E-state index in [4.69, 9.17) is 5.11 Å². The molecule has 6 heteroatoms. The number of carbonyl (C=O) groups is 3. The minimum atomic E-state index is -1.09. The van der Waals surface area contributed by atoms with E-state index in [2.05, 4.69) is 5.32 Å². The van der Waals surface area contributed by atoms with Crippen molar-refractivity contribution in [1.29, 1.82) is 0 Å². The van der Waals surface area contributed by atoms with Crippen molar-refractivity contribution in [3.05, 3.63) is 35.9 Å². The second-order valence-electron chi connectivity index (χ2n) is 4.30. The second-order valence-corrected chi connectivity index (χ2v) is 5.50. The molecule has 2 N–H and O–H groups in total. The van der Waals surface area contributed by atoms with Crippen LogP contribution in [-0.4, -0.2) is 34.4 Å². The number of hydrogen-bond acceptors (Lipinski definition) is 4. The molecule has 0 aliphatic heterocycles. The summed E-state index contributed by atoms with van der Waals surface area (Å²) in [6.45, 7) is 1.04. The molecule has 0 fully saturated rings. The molecule has 0 saturated carbocycles. The van der Waals surface area contributed by atoms with Crippen LogP contribution in [0.5, 0.6) is 0 Å². The third-order valence-corrected chi connectivity index (χ3v) is 3.57.